The molecule has 7 heteroatoms. The Morgan fingerprint density at radius 1 is 1.50 bits per heavy atom. The normalized spacial score (nSPS) is 13.1. The van der Waals surface area contributed by atoms with Gasteiger partial charge in [-0.1, -0.05) is 5.16 Å². The van der Waals surface area contributed by atoms with Gasteiger partial charge in [-0.2, -0.15) is 0 Å². The van der Waals surface area contributed by atoms with Crippen LogP contribution < -0.4 is 11.1 Å². The van der Waals surface area contributed by atoms with Crippen molar-refractivity contribution < 1.29 is 19.2 Å². The maximum absolute atomic E-state index is 11.5. The monoisotopic (exact) mass is 231 g/mol. The molecule has 0 bridgehead atoms. The molecule has 0 spiro atoms. The van der Waals surface area contributed by atoms with Crippen LogP contribution in [0.1, 0.15) is 13.8 Å². The number of methoxy groups -OCH3 is 1. The Balaban J connectivity index is 4.34. The van der Waals surface area contributed by atoms with Gasteiger partial charge in [0.25, 0.3) is 5.91 Å². The van der Waals surface area contributed by atoms with E-state index in [1.54, 1.807) is 6.92 Å². The van der Waals surface area contributed by atoms with Crippen LogP contribution >= 0.6 is 0 Å². The van der Waals surface area contributed by atoms with E-state index in [0.29, 0.717) is 6.61 Å². The van der Waals surface area contributed by atoms with Crippen molar-refractivity contribution in [2.75, 3.05) is 20.3 Å². The summed E-state index contributed by atoms with van der Waals surface area (Å²) in [6, 6.07) is -0.871. The fourth-order valence-corrected chi connectivity index (χ4v) is 0.827. The van der Waals surface area contributed by atoms with Gasteiger partial charge in [-0.05, 0) is 13.8 Å². The first-order valence-corrected chi connectivity index (χ1v) is 4.78. The van der Waals surface area contributed by atoms with Crippen molar-refractivity contribution in [1.82, 2.24) is 5.32 Å². The van der Waals surface area contributed by atoms with Gasteiger partial charge < -0.3 is 20.6 Å². The zero-order valence-corrected chi connectivity index (χ0v) is 9.65. The fourth-order valence-electron chi connectivity index (χ4n) is 0.827. The Morgan fingerprint density at radius 2 is 2.12 bits per heavy atom. The lowest BCUT2D eigenvalue weighted by atomic mass is 10.2. The van der Waals surface area contributed by atoms with Crippen molar-refractivity contribution in [2.24, 2.45) is 10.9 Å². The lowest BCUT2D eigenvalue weighted by Crippen LogP contribution is -2.49. The van der Waals surface area contributed by atoms with Crippen LogP contribution in [0.25, 0.3) is 0 Å². The predicted molar refractivity (Wildman–Crippen MR) is 57.7 cm³/mol. The molecule has 0 aliphatic heterocycles. The molecule has 0 saturated heterocycles. The summed E-state index contributed by atoms with van der Waals surface area (Å²) in [6.45, 7) is 3.59. The van der Waals surface area contributed by atoms with Crippen molar-refractivity contribution in [3.05, 3.63) is 0 Å². The topological polar surface area (TPSA) is 103 Å². The summed E-state index contributed by atoms with van der Waals surface area (Å²) in [6.07, 6.45) is 0. The molecule has 0 aliphatic rings. The van der Waals surface area contributed by atoms with Gasteiger partial charge in [0.2, 0.25) is 5.91 Å². The molecular formula is C9H17N3O4. The van der Waals surface area contributed by atoms with Crippen molar-refractivity contribution in [1.29, 1.82) is 0 Å². The molecule has 0 heterocycles. The number of oxime groups is 1. The van der Waals surface area contributed by atoms with Gasteiger partial charge in [-0.3, -0.25) is 9.59 Å². The number of hydrogen-bond donors (Lipinski definition) is 2. The minimum atomic E-state index is -0.871. The number of hydrogen-bond acceptors (Lipinski definition) is 5. The number of carbonyl (C=O) groups is 2. The SMILES string of the molecule is CCO/N=C(\C)C(=O)NC(COC)C(N)=O. The molecule has 7 nitrogen and oxygen atoms in total. The van der Waals surface area contributed by atoms with E-state index in [9.17, 15) is 9.59 Å². The summed E-state index contributed by atoms with van der Waals surface area (Å²) in [4.78, 5) is 27.1. The number of rotatable bonds is 7. The molecule has 0 radical (unpaired) electrons. The molecule has 0 fully saturated rings. The summed E-state index contributed by atoms with van der Waals surface area (Å²) in [5, 5.41) is 5.90. The zero-order chi connectivity index (χ0) is 12.6. The molecule has 3 N–H and O–H groups in total. The van der Waals surface area contributed by atoms with Crippen molar-refractivity contribution in [3.8, 4) is 0 Å². The number of primary amides is 1. The number of nitrogens with one attached hydrogen (secondary N) is 1. The molecule has 1 atom stereocenters. The summed E-state index contributed by atoms with van der Waals surface area (Å²) in [5.41, 5.74) is 5.18. The van der Waals surface area contributed by atoms with Crippen LogP contribution in [0.2, 0.25) is 0 Å². The van der Waals surface area contributed by atoms with E-state index >= 15 is 0 Å². The molecule has 0 aliphatic carbocycles. The first-order chi connectivity index (χ1) is 7.52. The Hall–Kier alpha value is -1.63. The van der Waals surface area contributed by atoms with E-state index in [1.165, 1.54) is 14.0 Å². The van der Waals surface area contributed by atoms with Crippen LogP contribution in [-0.2, 0) is 19.2 Å². The highest BCUT2D eigenvalue weighted by molar-refractivity contribution is 6.38. The molecule has 16 heavy (non-hydrogen) atoms. The van der Waals surface area contributed by atoms with Crippen LogP contribution in [0.4, 0.5) is 0 Å². The van der Waals surface area contributed by atoms with Crippen LogP contribution in [0, 0.1) is 0 Å². The number of carbonyl (C=O) groups excluding carboxylic acids is 2. The van der Waals surface area contributed by atoms with Crippen LogP contribution in [-0.4, -0.2) is 43.9 Å². The minimum absolute atomic E-state index is 0.0169. The first kappa shape index (κ1) is 14.4. The van der Waals surface area contributed by atoms with Crippen molar-refractivity contribution in [3.63, 3.8) is 0 Å². The average Bonchev–Trinajstić information content (AvgIpc) is 2.24. The molecule has 1 unspecified atom stereocenters. The fraction of sp³-hybridized carbons (Fsp3) is 0.667. The third kappa shape index (κ3) is 5.30. The Kier molecular flexibility index (Phi) is 6.86. The van der Waals surface area contributed by atoms with E-state index < -0.39 is 17.9 Å². The van der Waals surface area contributed by atoms with Crippen LogP contribution in [0.15, 0.2) is 5.16 Å². The van der Waals surface area contributed by atoms with E-state index in [2.05, 4.69) is 10.5 Å². The van der Waals surface area contributed by atoms with E-state index in [0.717, 1.165) is 0 Å². The van der Waals surface area contributed by atoms with Gasteiger partial charge >= 0.3 is 0 Å². The molecule has 0 saturated carbocycles. The molecule has 0 rings (SSSR count). The second-order valence-corrected chi connectivity index (χ2v) is 2.98. The van der Waals surface area contributed by atoms with Gasteiger partial charge in [0.15, 0.2) is 0 Å². The Bertz CT molecular complexity index is 278. The lowest BCUT2D eigenvalue weighted by molar-refractivity contribution is -0.125. The average molecular weight is 231 g/mol. The number of ether oxygens (including phenoxy) is 1. The standard InChI is InChI=1S/C9H17N3O4/c1-4-16-12-6(2)9(14)11-7(5-15-3)8(10)13/h7H,4-5H2,1-3H3,(H2,10,13)(H,11,14)/b12-6+. The largest absolute Gasteiger partial charge is 0.396 e. The summed E-state index contributed by atoms with van der Waals surface area (Å²) in [5.74, 6) is -1.19. The second-order valence-electron chi connectivity index (χ2n) is 2.98. The molecule has 0 aromatic rings. The highest BCUT2D eigenvalue weighted by Crippen LogP contribution is 1.87. The summed E-state index contributed by atoms with van der Waals surface area (Å²) in [7, 11) is 1.41. The summed E-state index contributed by atoms with van der Waals surface area (Å²) < 4.78 is 4.74. The predicted octanol–water partition coefficient (Wildman–Crippen LogP) is -0.985. The molecule has 0 aromatic carbocycles. The summed E-state index contributed by atoms with van der Waals surface area (Å²) >= 11 is 0. The lowest BCUT2D eigenvalue weighted by Gasteiger charge is -2.13. The van der Waals surface area contributed by atoms with E-state index in [1.807, 2.05) is 0 Å². The highest BCUT2D eigenvalue weighted by atomic mass is 16.6. The number of amides is 2. The highest BCUT2D eigenvalue weighted by Gasteiger charge is 2.19. The van der Waals surface area contributed by atoms with Gasteiger partial charge in [-0.15, -0.1) is 0 Å². The molecule has 92 valence electrons. The first-order valence-electron chi connectivity index (χ1n) is 4.78. The molecular weight excluding hydrogens is 214 g/mol. The number of nitrogens with two attached hydrogens (primary N) is 1. The van der Waals surface area contributed by atoms with E-state index in [4.69, 9.17) is 15.3 Å². The Labute approximate surface area is 93.9 Å². The van der Waals surface area contributed by atoms with Crippen LogP contribution in [0.5, 0.6) is 0 Å². The number of nitrogens with zero attached hydrogens (tertiary/aromatic N) is 1. The quantitative estimate of drug-likeness (QED) is 0.434. The second kappa shape index (κ2) is 7.63. The third-order valence-electron chi connectivity index (χ3n) is 1.64. The van der Waals surface area contributed by atoms with Gasteiger partial charge in [-0.25, -0.2) is 0 Å². The van der Waals surface area contributed by atoms with Gasteiger partial charge in [0.05, 0.1) is 6.61 Å². The smallest absolute Gasteiger partial charge is 0.269 e. The van der Waals surface area contributed by atoms with Gasteiger partial charge in [0, 0.05) is 7.11 Å². The maximum Gasteiger partial charge on any atom is 0.269 e. The van der Waals surface area contributed by atoms with Crippen molar-refractivity contribution in [2.45, 2.75) is 19.9 Å². The van der Waals surface area contributed by atoms with Gasteiger partial charge in [0.1, 0.15) is 18.4 Å². The van der Waals surface area contributed by atoms with Crippen LogP contribution in [0.3, 0.4) is 0 Å². The molecule has 0 aromatic heterocycles. The van der Waals surface area contributed by atoms with E-state index in [-0.39, 0.29) is 12.3 Å². The zero-order valence-electron chi connectivity index (χ0n) is 9.65. The third-order valence-corrected chi connectivity index (χ3v) is 1.64. The maximum atomic E-state index is 11.5. The molecule has 2 amide bonds. The Morgan fingerprint density at radius 3 is 2.56 bits per heavy atom. The van der Waals surface area contributed by atoms with Crippen molar-refractivity contribution >= 4 is 17.5 Å². The minimum Gasteiger partial charge on any atom is -0.396 e.